The molecular formula is C10H18O4. The van der Waals surface area contributed by atoms with Crippen LogP contribution in [-0.4, -0.2) is 23.7 Å². The lowest BCUT2D eigenvalue weighted by Gasteiger charge is -2.10. The Morgan fingerprint density at radius 2 is 1.93 bits per heavy atom. The van der Waals surface area contributed by atoms with Crippen LogP contribution in [0.4, 0.5) is 0 Å². The van der Waals surface area contributed by atoms with Crippen molar-refractivity contribution in [3.63, 3.8) is 0 Å². The van der Waals surface area contributed by atoms with Crippen molar-refractivity contribution in [1.29, 1.82) is 0 Å². The molecule has 0 aliphatic rings. The molecule has 0 aromatic heterocycles. The SMILES string of the molecule is CCCCC(C(=O)O)C(=O)OCCC. The molecule has 0 heterocycles. The van der Waals surface area contributed by atoms with E-state index in [1.165, 1.54) is 0 Å². The maximum Gasteiger partial charge on any atom is 0.320 e. The van der Waals surface area contributed by atoms with E-state index >= 15 is 0 Å². The summed E-state index contributed by atoms with van der Waals surface area (Å²) in [5.41, 5.74) is 0. The maximum atomic E-state index is 11.2. The van der Waals surface area contributed by atoms with E-state index in [1.54, 1.807) is 0 Å². The Morgan fingerprint density at radius 3 is 2.36 bits per heavy atom. The zero-order valence-corrected chi connectivity index (χ0v) is 8.78. The highest BCUT2D eigenvalue weighted by molar-refractivity contribution is 5.93. The lowest BCUT2D eigenvalue weighted by atomic mass is 10.0. The number of carbonyl (C=O) groups excluding carboxylic acids is 1. The minimum atomic E-state index is -1.08. The van der Waals surface area contributed by atoms with Gasteiger partial charge in [0.1, 0.15) is 0 Å². The third kappa shape index (κ3) is 4.84. The van der Waals surface area contributed by atoms with Gasteiger partial charge in [0, 0.05) is 0 Å². The number of carboxylic acid groups (broad SMARTS) is 1. The van der Waals surface area contributed by atoms with Gasteiger partial charge in [-0.3, -0.25) is 9.59 Å². The van der Waals surface area contributed by atoms with E-state index < -0.39 is 17.9 Å². The number of ether oxygens (including phenoxy) is 1. The monoisotopic (exact) mass is 202 g/mol. The molecule has 14 heavy (non-hydrogen) atoms. The van der Waals surface area contributed by atoms with Crippen molar-refractivity contribution in [2.24, 2.45) is 5.92 Å². The molecule has 0 amide bonds. The molecule has 0 rings (SSSR count). The Morgan fingerprint density at radius 1 is 1.29 bits per heavy atom. The summed E-state index contributed by atoms with van der Waals surface area (Å²) < 4.78 is 4.79. The lowest BCUT2D eigenvalue weighted by molar-refractivity contribution is -0.159. The first-order chi connectivity index (χ1) is 6.63. The summed E-state index contributed by atoms with van der Waals surface area (Å²) >= 11 is 0. The Bertz CT molecular complexity index is 189. The number of aliphatic carboxylic acids is 1. The van der Waals surface area contributed by atoms with Crippen LogP contribution in [0.25, 0.3) is 0 Å². The molecule has 0 fully saturated rings. The van der Waals surface area contributed by atoms with Crippen LogP contribution < -0.4 is 0 Å². The molecule has 1 N–H and O–H groups in total. The Balaban J connectivity index is 4.05. The zero-order chi connectivity index (χ0) is 11.0. The Labute approximate surface area is 84.3 Å². The van der Waals surface area contributed by atoms with Crippen LogP contribution in [0.3, 0.4) is 0 Å². The Kier molecular flexibility index (Phi) is 6.80. The average Bonchev–Trinajstić information content (AvgIpc) is 2.14. The van der Waals surface area contributed by atoms with E-state index in [1.807, 2.05) is 13.8 Å². The number of rotatable bonds is 7. The van der Waals surface area contributed by atoms with E-state index in [0.717, 1.165) is 12.8 Å². The molecule has 1 atom stereocenters. The van der Waals surface area contributed by atoms with E-state index in [0.29, 0.717) is 19.4 Å². The molecule has 0 aromatic carbocycles. The summed E-state index contributed by atoms with van der Waals surface area (Å²) in [6, 6.07) is 0. The number of hydrogen-bond acceptors (Lipinski definition) is 3. The van der Waals surface area contributed by atoms with Gasteiger partial charge in [0.25, 0.3) is 0 Å². The van der Waals surface area contributed by atoms with Gasteiger partial charge < -0.3 is 9.84 Å². The summed E-state index contributed by atoms with van der Waals surface area (Å²) in [7, 11) is 0. The van der Waals surface area contributed by atoms with Gasteiger partial charge in [0.05, 0.1) is 6.61 Å². The van der Waals surface area contributed by atoms with Gasteiger partial charge in [-0.25, -0.2) is 0 Å². The van der Waals surface area contributed by atoms with Crippen LogP contribution >= 0.6 is 0 Å². The third-order valence-corrected chi connectivity index (χ3v) is 1.88. The zero-order valence-electron chi connectivity index (χ0n) is 8.78. The highest BCUT2D eigenvalue weighted by atomic mass is 16.5. The quantitative estimate of drug-likeness (QED) is 0.505. The molecule has 0 saturated heterocycles. The fraction of sp³-hybridized carbons (Fsp3) is 0.800. The first-order valence-corrected chi connectivity index (χ1v) is 5.02. The second kappa shape index (κ2) is 7.35. The molecule has 0 aliphatic heterocycles. The van der Waals surface area contributed by atoms with Gasteiger partial charge >= 0.3 is 11.9 Å². The molecule has 1 unspecified atom stereocenters. The number of carbonyl (C=O) groups is 2. The van der Waals surface area contributed by atoms with E-state index in [9.17, 15) is 9.59 Å². The molecular weight excluding hydrogens is 184 g/mol. The number of carboxylic acids is 1. The molecule has 0 bridgehead atoms. The first-order valence-electron chi connectivity index (χ1n) is 5.02. The Hall–Kier alpha value is -1.06. The van der Waals surface area contributed by atoms with Crippen molar-refractivity contribution >= 4 is 11.9 Å². The molecule has 0 aliphatic carbocycles. The predicted octanol–water partition coefficient (Wildman–Crippen LogP) is 1.83. The third-order valence-electron chi connectivity index (χ3n) is 1.88. The summed E-state index contributed by atoms with van der Waals surface area (Å²) in [5.74, 6) is -2.67. The predicted molar refractivity (Wildman–Crippen MR) is 51.9 cm³/mol. The van der Waals surface area contributed by atoms with Crippen molar-refractivity contribution in [1.82, 2.24) is 0 Å². The van der Waals surface area contributed by atoms with Crippen LogP contribution in [0.5, 0.6) is 0 Å². The number of esters is 1. The van der Waals surface area contributed by atoms with Gasteiger partial charge in [0.15, 0.2) is 5.92 Å². The summed E-state index contributed by atoms with van der Waals surface area (Å²) in [4.78, 5) is 22.0. The molecule has 0 spiro atoms. The largest absolute Gasteiger partial charge is 0.481 e. The molecule has 4 nitrogen and oxygen atoms in total. The number of unbranched alkanes of at least 4 members (excludes halogenated alkanes) is 1. The van der Waals surface area contributed by atoms with E-state index in [-0.39, 0.29) is 0 Å². The topological polar surface area (TPSA) is 63.6 Å². The summed E-state index contributed by atoms with van der Waals surface area (Å²) in [6.45, 7) is 4.13. The summed E-state index contributed by atoms with van der Waals surface area (Å²) in [5, 5.41) is 8.77. The minimum absolute atomic E-state index is 0.300. The molecule has 0 radical (unpaired) electrons. The van der Waals surface area contributed by atoms with E-state index in [4.69, 9.17) is 9.84 Å². The highest BCUT2D eigenvalue weighted by Gasteiger charge is 2.26. The standard InChI is InChI=1S/C10H18O4/c1-3-5-6-8(9(11)12)10(13)14-7-4-2/h8H,3-7H2,1-2H3,(H,11,12). The van der Waals surface area contributed by atoms with Gasteiger partial charge in [-0.15, -0.1) is 0 Å². The maximum absolute atomic E-state index is 11.2. The minimum Gasteiger partial charge on any atom is -0.481 e. The van der Waals surface area contributed by atoms with Crippen LogP contribution in [0.1, 0.15) is 39.5 Å². The lowest BCUT2D eigenvalue weighted by Crippen LogP contribution is -2.26. The van der Waals surface area contributed by atoms with Crippen molar-refractivity contribution < 1.29 is 19.4 Å². The molecule has 82 valence electrons. The number of hydrogen-bond donors (Lipinski definition) is 1. The van der Waals surface area contributed by atoms with Crippen LogP contribution in [0.15, 0.2) is 0 Å². The molecule has 0 aromatic rings. The highest BCUT2D eigenvalue weighted by Crippen LogP contribution is 2.11. The van der Waals surface area contributed by atoms with Crippen molar-refractivity contribution in [3.05, 3.63) is 0 Å². The summed E-state index contributed by atoms with van der Waals surface area (Å²) in [6.07, 6.45) is 2.70. The van der Waals surface area contributed by atoms with Gasteiger partial charge in [0.2, 0.25) is 0 Å². The normalized spacial score (nSPS) is 12.1. The van der Waals surface area contributed by atoms with Crippen LogP contribution in [-0.2, 0) is 14.3 Å². The smallest absolute Gasteiger partial charge is 0.320 e. The fourth-order valence-electron chi connectivity index (χ4n) is 1.05. The van der Waals surface area contributed by atoms with Gasteiger partial charge in [-0.2, -0.15) is 0 Å². The van der Waals surface area contributed by atoms with Crippen molar-refractivity contribution in [3.8, 4) is 0 Å². The fourth-order valence-corrected chi connectivity index (χ4v) is 1.05. The van der Waals surface area contributed by atoms with Crippen LogP contribution in [0, 0.1) is 5.92 Å². The van der Waals surface area contributed by atoms with Crippen molar-refractivity contribution in [2.75, 3.05) is 6.61 Å². The first kappa shape index (κ1) is 12.9. The van der Waals surface area contributed by atoms with Crippen molar-refractivity contribution in [2.45, 2.75) is 39.5 Å². The second-order valence-corrected chi connectivity index (χ2v) is 3.20. The van der Waals surface area contributed by atoms with Gasteiger partial charge in [-0.1, -0.05) is 26.7 Å². The average molecular weight is 202 g/mol. The van der Waals surface area contributed by atoms with E-state index in [2.05, 4.69) is 0 Å². The van der Waals surface area contributed by atoms with Gasteiger partial charge in [-0.05, 0) is 12.8 Å². The molecule has 0 saturated carbocycles. The second-order valence-electron chi connectivity index (χ2n) is 3.20. The molecule has 4 heteroatoms. The van der Waals surface area contributed by atoms with Crippen LogP contribution in [0.2, 0.25) is 0 Å².